The van der Waals surface area contributed by atoms with Crippen LogP contribution in [-0.4, -0.2) is 15.3 Å². The predicted octanol–water partition coefficient (Wildman–Crippen LogP) is 3.55. The molecule has 0 amide bonds. The average molecular weight is 282 g/mol. The molecule has 0 fully saturated rings. The number of rotatable bonds is 3. The highest BCUT2D eigenvalue weighted by Crippen LogP contribution is 2.20. The molecule has 3 nitrogen and oxygen atoms in total. The van der Waals surface area contributed by atoms with Crippen molar-refractivity contribution in [3.05, 3.63) is 47.0 Å². The van der Waals surface area contributed by atoms with Gasteiger partial charge in [0.15, 0.2) is 0 Å². The van der Waals surface area contributed by atoms with E-state index in [-0.39, 0.29) is 11.4 Å². The summed E-state index contributed by atoms with van der Waals surface area (Å²) in [6, 6.07) is 5.00. The van der Waals surface area contributed by atoms with E-state index in [1.54, 1.807) is 12.3 Å². The van der Waals surface area contributed by atoms with Crippen molar-refractivity contribution in [2.24, 2.45) is 0 Å². The largest absolute Gasteiger partial charge is 0.308 e. The molecule has 0 aliphatic rings. The predicted molar refractivity (Wildman–Crippen MR) is 75.1 cm³/mol. The molecular formula is C14H17ClFN3. The number of hydrogen-bond acceptors (Lipinski definition) is 2. The fraction of sp³-hybridized carbons (Fsp3) is 0.357. The van der Waals surface area contributed by atoms with Gasteiger partial charge in [0.2, 0.25) is 0 Å². The van der Waals surface area contributed by atoms with Gasteiger partial charge in [0.25, 0.3) is 0 Å². The SMILES string of the molecule is CC(C)(C)NCc1cccc(F)c1-n1cc(Cl)cn1. The van der Waals surface area contributed by atoms with Crippen LogP contribution >= 0.6 is 11.6 Å². The summed E-state index contributed by atoms with van der Waals surface area (Å²) in [5.74, 6) is -0.312. The van der Waals surface area contributed by atoms with E-state index in [1.165, 1.54) is 16.9 Å². The highest BCUT2D eigenvalue weighted by molar-refractivity contribution is 6.30. The molecule has 5 heteroatoms. The van der Waals surface area contributed by atoms with E-state index in [1.807, 2.05) is 6.07 Å². The Kier molecular flexibility index (Phi) is 3.92. The lowest BCUT2D eigenvalue weighted by atomic mass is 10.1. The Morgan fingerprint density at radius 2 is 2.11 bits per heavy atom. The van der Waals surface area contributed by atoms with E-state index in [4.69, 9.17) is 11.6 Å². The summed E-state index contributed by atoms with van der Waals surface area (Å²) in [5, 5.41) is 7.89. The first kappa shape index (κ1) is 14.0. The van der Waals surface area contributed by atoms with Crippen LogP contribution in [0.4, 0.5) is 4.39 Å². The Morgan fingerprint density at radius 1 is 1.37 bits per heavy atom. The fourth-order valence-corrected chi connectivity index (χ4v) is 1.88. The van der Waals surface area contributed by atoms with Crippen LogP contribution in [0.3, 0.4) is 0 Å². The topological polar surface area (TPSA) is 29.9 Å². The summed E-state index contributed by atoms with van der Waals surface area (Å²) in [6.07, 6.45) is 3.09. The van der Waals surface area contributed by atoms with Gasteiger partial charge >= 0.3 is 0 Å². The number of para-hydroxylation sites is 1. The number of aromatic nitrogens is 2. The molecule has 0 unspecified atom stereocenters. The van der Waals surface area contributed by atoms with Gasteiger partial charge in [-0.3, -0.25) is 0 Å². The van der Waals surface area contributed by atoms with Crippen LogP contribution in [0.1, 0.15) is 26.3 Å². The van der Waals surface area contributed by atoms with Crippen LogP contribution in [0.15, 0.2) is 30.6 Å². The van der Waals surface area contributed by atoms with Crippen LogP contribution in [0, 0.1) is 5.82 Å². The van der Waals surface area contributed by atoms with Crippen molar-refractivity contribution in [1.82, 2.24) is 15.1 Å². The zero-order valence-corrected chi connectivity index (χ0v) is 12.0. The molecule has 102 valence electrons. The summed E-state index contributed by atoms with van der Waals surface area (Å²) in [6.45, 7) is 6.76. The Labute approximate surface area is 117 Å². The van der Waals surface area contributed by atoms with Crippen LogP contribution in [0.5, 0.6) is 0 Å². The van der Waals surface area contributed by atoms with Crippen LogP contribution in [0.25, 0.3) is 5.69 Å². The van der Waals surface area contributed by atoms with Gasteiger partial charge in [0, 0.05) is 18.3 Å². The molecule has 0 radical (unpaired) electrons. The molecular weight excluding hydrogens is 265 g/mol. The van der Waals surface area contributed by atoms with E-state index in [0.29, 0.717) is 17.3 Å². The minimum Gasteiger partial charge on any atom is -0.308 e. The normalized spacial score (nSPS) is 11.8. The van der Waals surface area contributed by atoms with E-state index in [2.05, 4.69) is 31.2 Å². The molecule has 0 atom stereocenters. The molecule has 0 saturated heterocycles. The zero-order valence-electron chi connectivity index (χ0n) is 11.2. The van der Waals surface area contributed by atoms with Gasteiger partial charge in [-0.05, 0) is 32.4 Å². The number of benzene rings is 1. The molecule has 1 aromatic heterocycles. The first-order valence-corrected chi connectivity index (χ1v) is 6.47. The van der Waals surface area contributed by atoms with Crippen LogP contribution in [-0.2, 0) is 6.54 Å². The summed E-state index contributed by atoms with van der Waals surface area (Å²) in [7, 11) is 0. The lowest BCUT2D eigenvalue weighted by Crippen LogP contribution is -2.35. The second-order valence-corrected chi connectivity index (χ2v) is 5.89. The van der Waals surface area contributed by atoms with Gasteiger partial charge in [0.1, 0.15) is 11.5 Å². The zero-order chi connectivity index (χ0) is 14.0. The maximum absolute atomic E-state index is 14.0. The standard InChI is InChI=1S/C14H17ClFN3/c1-14(2,3)17-7-10-5-4-6-12(16)13(10)19-9-11(15)8-18-19/h4-6,8-9,17H,7H2,1-3H3. The summed E-state index contributed by atoms with van der Waals surface area (Å²) in [5.41, 5.74) is 1.24. The van der Waals surface area contributed by atoms with Crippen molar-refractivity contribution < 1.29 is 4.39 Å². The lowest BCUT2D eigenvalue weighted by molar-refractivity contribution is 0.423. The van der Waals surface area contributed by atoms with Gasteiger partial charge in [0.05, 0.1) is 11.2 Å². The molecule has 19 heavy (non-hydrogen) atoms. The Morgan fingerprint density at radius 3 is 2.68 bits per heavy atom. The van der Waals surface area contributed by atoms with Gasteiger partial charge in [-0.25, -0.2) is 9.07 Å². The monoisotopic (exact) mass is 281 g/mol. The lowest BCUT2D eigenvalue weighted by Gasteiger charge is -2.21. The van der Waals surface area contributed by atoms with Crippen molar-refractivity contribution in [2.75, 3.05) is 0 Å². The van der Waals surface area contributed by atoms with Crippen molar-refractivity contribution >= 4 is 11.6 Å². The van der Waals surface area contributed by atoms with Crippen LogP contribution < -0.4 is 5.32 Å². The number of hydrogen-bond donors (Lipinski definition) is 1. The molecule has 0 aliphatic heterocycles. The first-order valence-electron chi connectivity index (χ1n) is 6.10. The number of halogens is 2. The molecule has 2 rings (SSSR count). The van der Waals surface area contributed by atoms with E-state index >= 15 is 0 Å². The summed E-state index contributed by atoms with van der Waals surface area (Å²) >= 11 is 5.84. The minimum absolute atomic E-state index is 0.0364. The van der Waals surface area contributed by atoms with E-state index in [9.17, 15) is 4.39 Å². The van der Waals surface area contributed by atoms with Gasteiger partial charge in [-0.2, -0.15) is 5.10 Å². The van der Waals surface area contributed by atoms with E-state index in [0.717, 1.165) is 5.56 Å². The van der Waals surface area contributed by atoms with Gasteiger partial charge in [-0.15, -0.1) is 0 Å². The average Bonchev–Trinajstić information content (AvgIpc) is 2.72. The number of nitrogens with one attached hydrogen (secondary N) is 1. The van der Waals surface area contributed by atoms with Crippen LogP contribution in [0.2, 0.25) is 5.02 Å². The highest BCUT2D eigenvalue weighted by atomic mass is 35.5. The summed E-state index contributed by atoms with van der Waals surface area (Å²) < 4.78 is 15.5. The third-order valence-electron chi connectivity index (χ3n) is 2.66. The molecule has 1 N–H and O–H groups in total. The van der Waals surface area contributed by atoms with Gasteiger partial charge < -0.3 is 5.32 Å². The maximum Gasteiger partial charge on any atom is 0.149 e. The molecule has 0 saturated carbocycles. The van der Waals surface area contributed by atoms with Gasteiger partial charge in [-0.1, -0.05) is 23.7 Å². The van der Waals surface area contributed by atoms with Crippen molar-refractivity contribution in [2.45, 2.75) is 32.9 Å². The Balaban J connectivity index is 2.36. The smallest absolute Gasteiger partial charge is 0.149 e. The maximum atomic E-state index is 14.0. The molecule has 0 aliphatic carbocycles. The molecule has 1 aromatic carbocycles. The Bertz CT molecular complexity index is 572. The van der Waals surface area contributed by atoms with Crippen molar-refractivity contribution in [1.29, 1.82) is 0 Å². The second kappa shape index (κ2) is 5.31. The van der Waals surface area contributed by atoms with Crippen molar-refractivity contribution in [3.8, 4) is 5.69 Å². The molecule has 2 aromatic rings. The Hall–Kier alpha value is -1.39. The summed E-state index contributed by atoms with van der Waals surface area (Å²) in [4.78, 5) is 0. The molecule has 0 spiro atoms. The molecule has 0 bridgehead atoms. The third kappa shape index (κ3) is 3.55. The highest BCUT2D eigenvalue weighted by Gasteiger charge is 2.14. The molecule has 1 heterocycles. The van der Waals surface area contributed by atoms with Crippen molar-refractivity contribution in [3.63, 3.8) is 0 Å². The quantitative estimate of drug-likeness (QED) is 0.932. The first-order chi connectivity index (χ1) is 8.87. The van der Waals surface area contributed by atoms with E-state index < -0.39 is 0 Å². The second-order valence-electron chi connectivity index (χ2n) is 5.45. The fourth-order valence-electron chi connectivity index (χ4n) is 1.74. The minimum atomic E-state index is -0.312. The number of nitrogens with zero attached hydrogens (tertiary/aromatic N) is 2. The third-order valence-corrected chi connectivity index (χ3v) is 2.85.